The number of aryl methyl sites for hydroxylation is 1. The van der Waals surface area contributed by atoms with Gasteiger partial charge in [0, 0.05) is 6.20 Å². The van der Waals surface area contributed by atoms with E-state index < -0.39 is 0 Å². The van der Waals surface area contributed by atoms with Crippen LogP contribution >= 0.6 is 11.6 Å². The topological polar surface area (TPSA) is 45.2 Å². The zero-order valence-electron chi connectivity index (χ0n) is 9.04. The third-order valence-corrected chi connectivity index (χ3v) is 2.01. The third kappa shape index (κ3) is 3.85. The maximum absolute atomic E-state index is 11.4. The van der Waals surface area contributed by atoms with E-state index in [9.17, 15) is 4.79 Å². The summed E-state index contributed by atoms with van der Waals surface area (Å²) >= 11 is 5.84. The van der Waals surface area contributed by atoms with Gasteiger partial charge in [0.15, 0.2) is 5.15 Å². The van der Waals surface area contributed by atoms with E-state index in [0.29, 0.717) is 17.4 Å². The number of aromatic nitrogens is 1. The molecule has 0 bridgehead atoms. The molecule has 0 fully saturated rings. The minimum atomic E-state index is -0.102. The van der Waals surface area contributed by atoms with E-state index in [1.165, 1.54) is 0 Å². The maximum Gasteiger partial charge on any atom is 0.238 e. The van der Waals surface area contributed by atoms with E-state index in [0.717, 1.165) is 5.56 Å². The van der Waals surface area contributed by atoms with E-state index in [2.05, 4.69) is 10.3 Å². The van der Waals surface area contributed by atoms with Crippen molar-refractivity contribution in [3.05, 3.63) is 23.0 Å². The molecule has 1 aromatic rings. The van der Waals surface area contributed by atoms with Crippen molar-refractivity contribution in [1.29, 1.82) is 0 Å². The number of hydrogen-bond donors (Lipinski definition) is 1. The van der Waals surface area contributed by atoms with E-state index in [1.54, 1.807) is 17.2 Å². The Morgan fingerprint density at radius 2 is 2.27 bits per heavy atom. The monoisotopic (exact) mass is 227 g/mol. The van der Waals surface area contributed by atoms with Crippen LogP contribution in [0.5, 0.6) is 0 Å². The summed E-state index contributed by atoms with van der Waals surface area (Å²) in [6, 6.07) is 1.79. The highest BCUT2D eigenvalue weighted by molar-refractivity contribution is 6.32. The number of likely N-dealkylation sites (N-methyl/N-ethyl adjacent to an activating group) is 1. The second kappa shape index (κ2) is 5.09. The van der Waals surface area contributed by atoms with E-state index >= 15 is 0 Å². The molecule has 5 heteroatoms. The summed E-state index contributed by atoms with van der Waals surface area (Å²) in [7, 11) is 3.66. The standard InChI is InChI=1S/C10H14ClN3O/c1-7-4-8(10(11)12-5-7)13-9(15)6-14(2)3/h4-5H,6H2,1-3H3,(H,13,15). The minimum absolute atomic E-state index is 0.102. The highest BCUT2D eigenvalue weighted by Gasteiger charge is 2.07. The molecule has 1 aromatic heterocycles. The Morgan fingerprint density at radius 1 is 1.60 bits per heavy atom. The first kappa shape index (κ1) is 11.9. The fourth-order valence-corrected chi connectivity index (χ4v) is 1.27. The molecule has 15 heavy (non-hydrogen) atoms. The summed E-state index contributed by atoms with van der Waals surface area (Å²) in [5.41, 5.74) is 1.52. The molecular formula is C10H14ClN3O. The lowest BCUT2D eigenvalue weighted by Crippen LogP contribution is -2.27. The minimum Gasteiger partial charge on any atom is -0.322 e. The van der Waals surface area contributed by atoms with Crippen LogP contribution in [0.15, 0.2) is 12.3 Å². The summed E-state index contributed by atoms with van der Waals surface area (Å²) in [6.07, 6.45) is 1.66. The van der Waals surface area contributed by atoms with Crippen molar-refractivity contribution in [3.63, 3.8) is 0 Å². The first-order valence-corrected chi connectivity index (χ1v) is 4.93. The van der Waals surface area contributed by atoms with Crippen molar-refractivity contribution in [1.82, 2.24) is 9.88 Å². The van der Waals surface area contributed by atoms with Gasteiger partial charge in [-0.25, -0.2) is 4.98 Å². The van der Waals surface area contributed by atoms with Gasteiger partial charge >= 0.3 is 0 Å². The van der Waals surface area contributed by atoms with Gasteiger partial charge in [-0.3, -0.25) is 4.79 Å². The fraction of sp³-hybridized carbons (Fsp3) is 0.400. The molecule has 82 valence electrons. The quantitative estimate of drug-likeness (QED) is 0.797. The van der Waals surface area contributed by atoms with Crippen molar-refractivity contribution in [3.8, 4) is 0 Å². The number of nitrogens with zero attached hydrogens (tertiary/aromatic N) is 2. The van der Waals surface area contributed by atoms with Gasteiger partial charge in [0.05, 0.1) is 12.2 Å². The van der Waals surface area contributed by atoms with E-state index in [4.69, 9.17) is 11.6 Å². The van der Waals surface area contributed by atoms with Gasteiger partial charge in [-0.15, -0.1) is 0 Å². The van der Waals surface area contributed by atoms with Gasteiger partial charge in [-0.05, 0) is 32.6 Å². The Kier molecular flexibility index (Phi) is 4.05. The van der Waals surface area contributed by atoms with Crippen LogP contribution in [0, 0.1) is 6.92 Å². The number of halogens is 1. The van der Waals surface area contributed by atoms with Crippen LogP contribution in [0.1, 0.15) is 5.56 Å². The second-order valence-electron chi connectivity index (χ2n) is 3.64. The lowest BCUT2D eigenvalue weighted by atomic mass is 10.3. The van der Waals surface area contributed by atoms with Crippen LogP contribution in [0.3, 0.4) is 0 Å². The largest absolute Gasteiger partial charge is 0.322 e. The normalized spacial score (nSPS) is 10.5. The molecule has 4 nitrogen and oxygen atoms in total. The van der Waals surface area contributed by atoms with Crippen LogP contribution < -0.4 is 5.32 Å². The average Bonchev–Trinajstić information content (AvgIpc) is 2.10. The van der Waals surface area contributed by atoms with Gasteiger partial charge < -0.3 is 10.2 Å². The molecule has 0 aliphatic carbocycles. The van der Waals surface area contributed by atoms with Crippen molar-refractivity contribution in [2.75, 3.05) is 26.0 Å². The van der Waals surface area contributed by atoms with Crippen molar-refractivity contribution in [2.24, 2.45) is 0 Å². The van der Waals surface area contributed by atoms with Crippen LogP contribution in [-0.4, -0.2) is 36.4 Å². The van der Waals surface area contributed by atoms with Gasteiger partial charge in [-0.1, -0.05) is 11.6 Å². The molecule has 1 N–H and O–H groups in total. The summed E-state index contributed by atoms with van der Waals surface area (Å²) in [5.74, 6) is -0.102. The van der Waals surface area contributed by atoms with E-state index in [1.807, 2.05) is 21.0 Å². The van der Waals surface area contributed by atoms with Crippen LogP contribution in [0.25, 0.3) is 0 Å². The lowest BCUT2D eigenvalue weighted by molar-refractivity contribution is -0.116. The number of amides is 1. The molecule has 0 saturated carbocycles. The molecule has 0 radical (unpaired) electrons. The van der Waals surface area contributed by atoms with Crippen molar-refractivity contribution in [2.45, 2.75) is 6.92 Å². The summed E-state index contributed by atoms with van der Waals surface area (Å²) in [6.45, 7) is 2.22. The van der Waals surface area contributed by atoms with Crippen LogP contribution in [0.4, 0.5) is 5.69 Å². The number of carbonyl (C=O) groups excluding carboxylic acids is 1. The highest BCUT2D eigenvalue weighted by atomic mass is 35.5. The zero-order valence-corrected chi connectivity index (χ0v) is 9.80. The highest BCUT2D eigenvalue weighted by Crippen LogP contribution is 2.19. The molecule has 0 aliphatic heterocycles. The van der Waals surface area contributed by atoms with Gasteiger partial charge in [0.1, 0.15) is 0 Å². The first-order chi connectivity index (χ1) is 6.99. The third-order valence-electron chi connectivity index (χ3n) is 1.71. The van der Waals surface area contributed by atoms with E-state index in [-0.39, 0.29) is 5.91 Å². The molecule has 0 atom stereocenters. The Hall–Kier alpha value is -1.13. The molecular weight excluding hydrogens is 214 g/mol. The summed E-state index contributed by atoms with van der Waals surface area (Å²) < 4.78 is 0. The average molecular weight is 228 g/mol. The Morgan fingerprint density at radius 3 is 2.87 bits per heavy atom. The molecule has 1 heterocycles. The molecule has 0 unspecified atom stereocenters. The number of anilines is 1. The second-order valence-corrected chi connectivity index (χ2v) is 4.00. The fourth-order valence-electron chi connectivity index (χ4n) is 1.12. The molecule has 1 rings (SSSR count). The van der Waals surface area contributed by atoms with Gasteiger partial charge in [0.25, 0.3) is 0 Å². The summed E-state index contributed by atoms with van der Waals surface area (Å²) in [5, 5.41) is 3.02. The number of hydrogen-bond acceptors (Lipinski definition) is 3. The molecule has 0 aromatic carbocycles. The predicted octanol–water partition coefficient (Wildman–Crippen LogP) is 1.54. The summed E-state index contributed by atoms with van der Waals surface area (Å²) in [4.78, 5) is 17.2. The Balaban J connectivity index is 2.71. The number of nitrogens with one attached hydrogen (secondary N) is 1. The molecule has 0 spiro atoms. The molecule has 0 aliphatic rings. The van der Waals surface area contributed by atoms with Gasteiger partial charge in [-0.2, -0.15) is 0 Å². The van der Waals surface area contributed by atoms with Crippen molar-refractivity contribution < 1.29 is 4.79 Å². The van der Waals surface area contributed by atoms with Crippen LogP contribution in [-0.2, 0) is 4.79 Å². The SMILES string of the molecule is Cc1cnc(Cl)c(NC(=O)CN(C)C)c1. The zero-order chi connectivity index (χ0) is 11.4. The first-order valence-electron chi connectivity index (χ1n) is 4.56. The van der Waals surface area contributed by atoms with Gasteiger partial charge in [0.2, 0.25) is 5.91 Å². The number of pyridine rings is 1. The van der Waals surface area contributed by atoms with Crippen LogP contribution in [0.2, 0.25) is 5.15 Å². The smallest absolute Gasteiger partial charge is 0.238 e. The molecule has 0 saturated heterocycles. The predicted molar refractivity (Wildman–Crippen MR) is 61.2 cm³/mol. The van der Waals surface area contributed by atoms with Crippen molar-refractivity contribution >= 4 is 23.2 Å². The Bertz CT molecular complexity index is 366. The lowest BCUT2D eigenvalue weighted by Gasteiger charge is -2.11. The Labute approximate surface area is 94.3 Å². The number of rotatable bonds is 3. The molecule has 1 amide bonds. The number of carbonyl (C=O) groups is 1. The maximum atomic E-state index is 11.4.